The van der Waals surface area contributed by atoms with Crippen LogP contribution in [-0.4, -0.2) is 27.6 Å². The van der Waals surface area contributed by atoms with E-state index in [0.717, 1.165) is 16.8 Å². The van der Waals surface area contributed by atoms with Crippen molar-refractivity contribution >= 4 is 5.91 Å². The van der Waals surface area contributed by atoms with E-state index in [0.29, 0.717) is 12.1 Å². The largest absolute Gasteiger partial charge is 0.368 e. The second kappa shape index (κ2) is 7.64. The van der Waals surface area contributed by atoms with E-state index in [1.165, 1.54) is 0 Å². The van der Waals surface area contributed by atoms with Gasteiger partial charge >= 0.3 is 0 Å². The molecule has 2 N–H and O–H groups in total. The zero-order valence-electron chi connectivity index (χ0n) is 14.4. The van der Waals surface area contributed by atoms with Crippen molar-refractivity contribution in [1.82, 2.24) is 14.7 Å². The molecule has 6 heteroatoms. The number of amides is 1. The van der Waals surface area contributed by atoms with Crippen molar-refractivity contribution in [2.45, 2.75) is 12.6 Å². The Bertz CT molecular complexity index is 925. The summed E-state index contributed by atoms with van der Waals surface area (Å²) in [5.41, 5.74) is 8.87. The fraction of sp³-hybridized carbons (Fsp3) is 0.150. The lowest BCUT2D eigenvalue weighted by Gasteiger charge is -2.25. The molecule has 2 aromatic carbocycles. The normalized spacial score (nSPS) is 11.9. The maximum Gasteiger partial charge on any atom is 0.239 e. The van der Waals surface area contributed by atoms with Crippen molar-refractivity contribution in [2.75, 3.05) is 7.05 Å². The van der Waals surface area contributed by atoms with E-state index in [9.17, 15) is 4.79 Å². The Morgan fingerprint density at radius 1 is 1.23 bits per heavy atom. The number of para-hydroxylation sites is 1. The van der Waals surface area contributed by atoms with E-state index < -0.39 is 11.9 Å². The van der Waals surface area contributed by atoms with Gasteiger partial charge in [0.2, 0.25) is 5.91 Å². The molecule has 0 saturated carbocycles. The topological polar surface area (TPSA) is 87.9 Å². The zero-order valence-corrected chi connectivity index (χ0v) is 14.4. The van der Waals surface area contributed by atoms with Gasteiger partial charge in [0.15, 0.2) is 0 Å². The number of rotatable bonds is 6. The third-order valence-corrected chi connectivity index (χ3v) is 4.15. The first-order valence-corrected chi connectivity index (χ1v) is 8.17. The average Bonchev–Trinajstić information content (AvgIpc) is 3.11. The molecule has 0 unspecified atom stereocenters. The van der Waals surface area contributed by atoms with Gasteiger partial charge < -0.3 is 5.73 Å². The summed E-state index contributed by atoms with van der Waals surface area (Å²) in [5.74, 6) is -0.437. The minimum atomic E-state index is -0.581. The molecule has 3 rings (SSSR count). The number of likely N-dealkylation sites (N-methyl/N-ethyl adjacent to an activating group) is 1. The second-order valence-corrected chi connectivity index (χ2v) is 6.08. The molecule has 6 nitrogen and oxygen atoms in total. The van der Waals surface area contributed by atoms with E-state index in [4.69, 9.17) is 11.0 Å². The molecule has 26 heavy (non-hydrogen) atoms. The number of hydrogen-bond acceptors (Lipinski definition) is 4. The van der Waals surface area contributed by atoms with E-state index in [-0.39, 0.29) is 0 Å². The molecule has 0 spiro atoms. The highest BCUT2D eigenvalue weighted by Crippen LogP contribution is 2.22. The minimum Gasteiger partial charge on any atom is -0.368 e. The molecule has 0 radical (unpaired) electrons. The summed E-state index contributed by atoms with van der Waals surface area (Å²) >= 11 is 0. The Hall–Kier alpha value is -3.43. The van der Waals surface area contributed by atoms with Crippen LogP contribution in [0.2, 0.25) is 0 Å². The van der Waals surface area contributed by atoms with Crippen molar-refractivity contribution in [3.8, 4) is 11.8 Å². The van der Waals surface area contributed by atoms with Gasteiger partial charge in [0.25, 0.3) is 0 Å². The molecule has 1 atom stereocenters. The van der Waals surface area contributed by atoms with Gasteiger partial charge in [0, 0.05) is 18.3 Å². The fourth-order valence-corrected chi connectivity index (χ4v) is 2.92. The monoisotopic (exact) mass is 345 g/mol. The van der Waals surface area contributed by atoms with Crippen LogP contribution >= 0.6 is 0 Å². The Morgan fingerprint density at radius 2 is 1.92 bits per heavy atom. The summed E-state index contributed by atoms with van der Waals surface area (Å²) in [6, 6.07) is 18.2. The van der Waals surface area contributed by atoms with E-state index in [1.54, 1.807) is 35.1 Å². The predicted molar refractivity (Wildman–Crippen MR) is 98.1 cm³/mol. The van der Waals surface area contributed by atoms with Gasteiger partial charge in [0.1, 0.15) is 6.04 Å². The lowest BCUT2D eigenvalue weighted by Crippen LogP contribution is -2.34. The lowest BCUT2D eigenvalue weighted by atomic mass is 10.0. The molecule has 0 aliphatic heterocycles. The summed E-state index contributed by atoms with van der Waals surface area (Å²) < 4.78 is 1.80. The lowest BCUT2D eigenvalue weighted by molar-refractivity contribution is -0.123. The van der Waals surface area contributed by atoms with Gasteiger partial charge in [-0.3, -0.25) is 9.69 Å². The number of hydrogen-bond donors (Lipinski definition) is 1. The summed E-state index contributed by atoms with van der Waals surface area (Å²) in [5, 5.41) is 13.3. The fourth-order valence-electron chi connectivity index (χ4n) is 2.92. The molecular weight excluding hydrogens is 326 g/mol. The number of nitriles is 1. The number of benzene rings is 2. The highest BCUT2D eigenvalue weighted by atomic mass is 16.1. The highest BCUT2D eigenvalue weighted by Gasteiger charge is 2.23. The van der Waals surface area contributed by atoms with Crippen LogP contribution in [0.25, 0.3) is 5.69 Å². The highest BCUT2D eigenvalue weighted by molar-refractivity contribution is 5.81. The molecular formula is C20H19N5O. The third-order valence-electron chi connectivity index (χ3n) is 4.15. The van der Waals surface area contributed by atoms with Crippen LogP contribution in [0.5, 0.6) is 0 Å². The first-order valence-electron chi connectivity index (χ1n) is 8.17. The van der Waals surface area contributed by atoms with Gasteiger partial charge in [-0.2, -0.15) is 10.4 Å². The van der Waals surface area contributed by atoms with Crippen LogP contribution in [0, 0.1) is 11.3 Å². The maximum absolute atomic E-state index is 12.0. The number of carbonyl (C=O) groups is 1. The van der Waals surface area contributed by atoms with Gasteiger partial charge in [-0.1, -0.05) is 30.3 Å². The van der Waals surface area contributed by atoms with E-state index in [1.807, 2.05) is 48.5 Å². The first-order chi connectivity index (χ1) is 12.6. The Labute approximate surface area is 152 Å². The number of aromatic nitrogens is 2. The number of primary amides is 1. The Balaban J connectivity index is 1.78. The van der Waals surface area contributed by atoms with Crippen molar-refractivity contribution in [2.24, 2.45) is 5.73 Å². The van der Waals surface area contributed by atoms with Crippen LogP contribution in [0.15, 0.2) is 67.0 Å². The van der Waals surface area contributed by atoms with Crippen molar-refractivity contribution in [1.29, 1.82) is 5.26 Å². The van der Waals surface area contributed by atoms with Gasteiger partial charge in [0.05, 0.1) is 23.5 Å². The van der Waals surface area contributed by atoms with Crippen molar-refractivity contribution < 1.29 is 4.79 Å². The van der Waals surface area contributed by atoms with E-state index in [2.05, 4.69) is 11.2 Å². The van der Waals surface area contributed by atoms with Gasteiger partial charge in [-0.25, -0.2) is 4.68 Å². The molecule has 0 aliphatic rings. The summed E-state index contributed by atoms with van der Waals surface area (Å²) in [4.78, 5) is 13.9. The van der Waals surface area contributed by atoms with Crippen molar-refractivity contribution in [3.63, 3.8) is 0 Å². The zero-order chi connectivity index (χ0) is 18.5. The molecule has 0 saturated heterocycles. The third kappa shape index (κ3) is 3.79. The predicted octanol–water partition coefficient (Wildman–Crippen LogP) is 2.40. The SMILES string of the molecule is CN(Cc1cnn(-c2ccccc2)c1)[C@H](C(N)=O)c1ccc(C#N)cc1. The Morgan fingerprint density at radius 3 is 2.54 bits per heavy atom. The molecule has 0 fully saturated rings. The summed E-state index contributed by atoms with van der Waals surface area (Å²) in [6.45, 7) is 0.514. The van der Waals surface area contributed by atoms with Gasteiger partial charge in [-0.05, 0) is 36.9 Å². The quantitative estimate of drug-likeness (QED) is 0.743. The Kier molecular flexibility index (Phi) is 5.11. The molecule has 1 amide bonds. The number of nitrogens with two attached hydrogens (primary N) is 1. The smallest absolute Gasteiger partial charge is 0.239 e. The van der Waals surface area contributed by atoms with Crippen LogP contribution in [0.3, 0.4) is 0 Å². The molecule has 130 valence electrons. The van der Waals surface area contributed by atoms with Crippen LogP contribution in [0.4, 0.5) is 0 Å². The molecule has 1 heterocycles. The summed E-state index contributed by atoms with van der Waals surface area (Å²) in [7, 11) is 1.84. The number of carbonyl (C=O) groups excluding carboxylic acids is 1. The van der Waals surface area contributed by atoms with Gasteiger partial charge in [-0.15, -0.1) is 0 Å². The standard InChI is InChI=1S/C20H19N5O/c1-24(19(20(22)26)17-9-7-15(11-21)8-10-17)13-16-12-23-25(14-16)18-5-3-2-4-6-18/h2-10,12,14,19H,13H2,1H3,(H2,22,26)/t19-/m0/s1. The van der Waals surface area contributed by atoms with Crippen molar-refractivity contribution in [3.05, 3.63) is 83.7 Å². The average molecular weight is 345 g/mol. The van der Waals surface area contributed by atoms with Crippen LogP contribution in [-0.2, 0) is 11.3 Å². The van der Waals surface area contributed by atoms with Crippen LogP contribution in [0.1, 0.15) is 22.7 Å². The maximum atomic E-state index is 12.0. The molecule has 3 aromatic rings. The summed E-state index contributed by atoms with van der Waals surface area (Å²) in [6.07, 6.45) is 3.71. The number of nitrogens with zero attached hydrogens (tertiary/aromatic N) is 4. The van der Waals surface area contributed by atoms with Crippen LogP contribution < -0.4 is 5.73 Å². The molecule has 1 aromatic heterocycles. The molecule has 0 aliphatic carbocycles. The van der Waals surface area contributed by atoms with E-state index >= 15 is 0 Å². The first kappa shape index (κ1) is 17.4. The minimum absolute atomic E-state index is 0.437. The molecule has 0 bridgehead atoms. The second-order valence-electron chi connectivity index (χ2n) is 6.08.